The molecule has 8 heteroatoms. The minimum absolute atomic E-state index is 0.244. The van der Waals surface area contributed by atoms with E-state index in [1.165, 1.54) is 30.7 Å². The molecule has 0 saturated carbocycles. The van der Waals surface area contributed by atoms with E-state index in [9.17, 15) is 17.6 Å². The number of hydrogen-bond acceptors (Lipinski definition) is 4. The topological polar surface area (TPSA) is 69.7 Å². The Hall–Kier alpha value is -2.61. The first kappa shape index (κ1) is 20.1. The zero-order chi connectivity index (χ0) is 20.1. The maximum Gasteiger partial charge on any atom is 0.241 e. The number of hydrogen-bond donors (Lipinski definition) is 1. The number of benzene rings is 2. The lowest BCUT2D eigenvalue weighted by molar-refractivity contribution is -0.119. The normalized spacial score (nSPS) is 14.1. The number of nitrogens with one attached hydrogen (secondary N) is 1. The molecule has 1 saturated heterocycles. The van der Waals surface area contributed by atoms with Crippen molar-refractivity contribution in [2.24, 2.45) is 0 Å². The summed E-state index contributed by atoms with van der Waals surface area (Å²) in [6.45, 7) is 2.08. The molecular formula is C20H24FN3O3S. The van der Waals surface area contributed by atoms with E-state index in [4.69, 9.17) is 0 Å². The Bertz CT molecular complexity index is 909. The van der Waals surface area contributed by atoms with Crippen molar-refractivity contribution in [2.45, 2.75) is 19.4 Å². The summed E-state index contributed by atoms with van der Waals surface area (Å²) in [5.41, 5.74) is 2.35. The zero-order valence-electron chi connectivity index (χ0n) is 15.8. The van der Waals surface area contributed by atoms with Gasteiger partial charge in [0.15, 0.2) is 0 Å². The van der Waals surface area contributed by atoms with Gasteiger partial charge in [-0.05, 0) is 54.8 Å². The second-order valence-electron chi connectivity index (χ2n) is 6.88. The number of amides is 1. The van der Waals surface area contributed by atoms with E-state index in [-0.39, 0.29) is 12.2 Å². The number of rotatable bonds is 7. The summed E-state index contributed by atoms with van der Waals surface area (Å²) in [6, 6.07) is 13.0. The van der Waals surface area contributed by atoms with Crippen molar-refractivity contribution in [1.82, 2.24) is 5.32 Å². The number of halogens is 1. The van der Waals surface area contributed by atoms with Gasteiger partial charge in [0.2, 0.25) is 15.9 Å². The summed E-state index contributed by atoms with van der Waals surface area (Å²) in [5, 5.41) is 2.74. The lowest BCUT2D eigenvalue weighted by Crippen LogP contribution is -2.40. The molecule has 2 aromatic rings. The molecule has 0 radical (unpaired) electrons. The molecule has 0 spiro atoms. The summed E-state index contributed by atoms with van der Waals surface area (Å²) >= 11 is 0. The lowest BCUT2D eigenvalue weighted by Gasteiger charge is -2.22. The highest BCUT2D eigenvalue weighted by Gasteiger charge is 2.20. The second-order valence-corrected chi connectivity index (χ2v) is 8.79. The monoisotopic (exact) mass is 405 g/mol. The van der Waals surface area contributed by atoms with E-state index >= 15 is 0 Å². The molecule has 1 aliphatic rings. The molecule has 0 aliphatic carbocycles. The minimum Gasteiger partial charge on any atom is -0.372 e. The molecule has 1 aliphatic heterocycles. The van der Waals surface area contributed by atoms with Crippen LogP contribution in [0.5, 0.6) is 0 Å². The van der Waals surface area contributed by atoms with Crippen molar-refractivity contribution in [3.8, 4) is 0 Å². The standard InChI is InChI=1S/C20H24FN3O3S/c1-28(26,27)24(19-10-6-17(21)7-11-19)15-20(25)22-14-16-4-8-18(9-5-16)23-12-2-3-13-23/h4-11H,2-3,12-15H2,1H3,(H,22,25). The SMILES string of the molecule is CS(=O)(=O)N(CC(=O)NCc1ccc(N2CCCC2)cc1)c1ccc(F)cc1. The van der Waals surface area contributed by atoms with Crippen LogP contribution in [0.1, 0.15) is 18.4 Å². The molecular weight excluding hydrogens is 381 g/mol. The Morgan fingerprint density at radius 1 is 1.07 bits per heavy atom. The fourth-order valence-corrected chi connectivity index (χ4v) is 4.05. The summed E-state index contributed by atoms with van der Waals surface area (Å²) in [5.74, 6) is -0.905. The Balaban J connectivity index is 1.59. The average Bonchev–Trinajstić information content (AvgIpc) is 3.20. The molecule has 0 unspecified atom stereocenters. The summed E-state index contributed by atoms with van der Waals surface area (Å²) in [7, 11) is -3.68. The van der Waals surface area contributed by atoms with Gasteiger partial charge in [-0.25, -0.2) is 12.8 Å². The Morgan fingerprint density at radius 2 is 1.68 bits per heavy atom. The largest absolute Gasteiger partial charge is 0.372 e. The van der Waals surface area contributed by atoms with Gasteiger partial charge >= 0.3 is 0 Å². The molecule has 1 N–H and O–H groups in total. The summed E-state index contributed by atoms with van der Waals surface area (Å²) in [6.07, 6.45) is 3.44. The lowest BCUT2D eigenvalue weighted by atomic mass is 10.2. The van der Waals surface area contributed by atoms with Gasteiger partial charge < -0.3 is 10.2 Å². The average molecular weight is 405 g/mol. The first-order valence-corrected chi connectivity index (χ1v) is 11.0. The third-order valence-corrected chi connectivity index (χ3v) is 5.84. The Morgan fingerprint density at radius 3 is 2.25 bits per heavy atom. The van der Waals surface area contributed by atoms with Crippen LogP contribution in [-0.2, 0) is 21.4 Å². The molecule has 0 atom stereocenters. The van der Waals surface area contributed by atoms with E-state index in [0.29, 0.717) is 6.54 Å². The van der Waals surface area contributed by atoms with Crippen LogP contribution in [0, 0.1) is 5.82 Å². The van der Waals surface area contributed by atoms with Crippen LogP contribution in [0.4, 0.5) is 15.8 Å². The van der Waals surface area contributed by atoms with Gasteiger partial charge in [-0.1, -0.05) is 12.1 Å². The van der Waals surface area contributed by atoms with Crippen LogP contribution >= 0.6 is 0 Å². The smallest absolute Gasteiger partial charge is 0.241 e. The van der Waals surface area contributed by atoms with Gasteiger partial charge in [0.25, 0.3) is 0 Å². The van der Waals surface area contributed by atoms with Crippen molar-refractivity contribution in [3.63, 3.8) is 0 Å². The highest BCUT2D eigenvalue weighted by Crippen LogP contribution is 2.20. The number of nitrogens with zero attached hydrogens (tertiary/aromatic N) is 2. The predicted octanol–water partition coefficient (Wildman–Crippen LogP) is 2.51. The van der Waals surface area contributed by atoms with Crippen molar-refractivity contribution >= 4 is 27.3 Å². The molecule has 1 amide bonds. The van der Waals surface area contributed by atoms with E-state index in [1.54, 1.807) is 0 Å². The van der Waals surface area contributed by atoms with Crippen LogP contribution < -0.4 is 14.5 Å². The van der Waals surface area contributed by atoms with Crippen LogP contribution in [0.15, 0.2) is 48.5 Å². The molecule has 3 rings (SSSR count). The van der Waals surface area contributed by atoms with Crippen molar-refractivity contribution < 1.29 is 17.6 Å². The maximum absolute atomic E-state index is 13.1. The summed E-state index contributed by atoms with van der Waals surface area (Å²) < 4.78 is 38.1. The fraction of sp³-hybridized carbons (Fsp3) is 0.350. The molecule has 1 heterocycles. The third kappa shape index (κ3) is 5.22. The van der Waals surface area contributed by atoms with Gasteiger partial charge in [0.1, 0.15) is 12.4 Å². The van der Waals surface area contributed by atoms with E-state index in [1.807, 2.05) is 24.3 Å². The quantitative estimate of drug-likeness (QED) is 0.769. The Kier molecular flexibility index (Phi) is 6.18. The van der Waals surface area contributed by atoms with E-state index in [2.05, 4.69) is 10.2 Å². The predicted molar refractivity (Wildman–Crippen MR) is 108 cm³/mol. The first-order chi connectivity index (χ1) is 13.3. The van der Waals surface area contributed by atoms with Crippen LogP contribution in [0.25, 0.3) is 0 Å². The highest BCUT2D eigenvalue weighted by atomic mass is 32.2. The van der Waals surface area contributed by atoms with Crippen molar-refractivity contribution in [2.75, 3.05) is 35.1 Å². The fourth-order valence-electron chi connectivity index (χ4n) is 3.19. The first-order valence-electron chi connectivity index (χ1n) is 9.17. The van der Waals surface area contributed by atoms with Gasteiger partial charge in [0, 0.05) is 25.3 Å². The van der Waals surface area contributed by atoms with Gasteiger partial charge in [0.05, 0.1) is 11.9 Å². The van der Waals surface area contributed by atoms with Crippen LogP contribution in [0.3, 0.4) is 0 Å². The Labute approximate surface area is 165 Å². The third-order valence-electron chi connectivity index (χ3n) is 4.70. The van der Waals surface area contributed by atoms with Gasteiger partial charge in [-0.3, -0.25) is 9.10 Å². The van der Waals surface area contributed by atoms with Crippen molar-refractivity contribution in [1.29, 1.82) is 0 Å². The van der Waals surface area contributed by atoms with Crippen LogP contribution in [0.2, 0.25) is 0 Å². The molecule has 0 aromatic heterocycles. The van der Waals surface area contributed by atoms with E-state index in [0.717, 1.165) is 41.3 Å². The highest BCUT2D eigenvalue weighted by molar-refractivity contribution is 7.92. The maximum atomic E-state index is 13.1. The number of carbonyl (C=O) groups is 1. The van der Waals surface area contributed by atoms with Crippen molar-refractivity contribution in [3.05, 3.63) is 59.9 Å². The number of anilines is 2. The van der Waals surface area contributed by atoms with Crippen LogP contribution in [-0.4, -0.2) is 40.2 Å². The summed E-state index contributed by atoms with van der Waals surface area (Å²) in [4.78, 5) is 14.6. The molecule has 6 nitrogen and oxygen atoms in total. The van der Waals surface area contributed by atoms with Gasteiger partial charge in [-0.15, -0.1) is 0 Å². The molecule has 28 heavy (non-hydrogen) atoms. The van der Waals surface area contributed by atoms with E-state index < -0.39 is 21.7 Å². The molecule has 2 aromatic carbocycles. The molecule has 0 bridgehead atoms. The number of sulfonamides is 1. The second kappa shape index (κ2) is 8.60. The van der Waals surface area contributed by atoms with Gasteiger partial charge in [-0.2, -0.15) is 0 Å². The molecule has 1 fully saturated rings. The minimum atomic E-state index is -3.68. The number of carbonyl (C=O) groups excluding carboxylic acids is 1. The zero-order valence-corrected chi connectivity index (χ0v) is 16.6. The molecule has 150 valence electrons.